The van der Waals surface area contributed by atoms with Gasteiger partial charge in [-0.2, -0.15) is 0 Å². The van der Waals surface area contributed by atoms with Gasteiger partial charge in [-0.3, -0.25) is 4.79 Å². The quantitative estimate of drug-likeness (QED) is 0.590. The molecular formula is C12H15NO3. The molecule has 86 valence electrons. The Kier molecular flexibility index (Phi) is 4.66. The smallest absolute Gasteiger partial charge is 0.322 e. The molecule has 4 nitrogen and oxygen atoms in total. The van der Waals surface area contributed by atoms with Gasteiger partial charge in [0.15, 0.2) is 0 Å². The van der Waals surface area contributed by atoms with Crippen molar-refractivity contribution in [2.75, 3.05) is 0 Å². The van der Waals surface area contributed by atoms with Crippen LogP contribution in [0.5, 0.6) is 0 Å². The van der Waals surface area contributed by atoms with E-state index < -0.39 is 12.0 Å². The van der Waals surface area contributed by atoms with E-state index in [-0.39, 0.29) is 6.61 Å². The minimum Gasteiger partial charge on any atom is -0.460 e. The maximum Gasteiger partial charge on any atom is 0.322 e. The summed E-state index contributed by atoms with van der Waals surface area (Å²) in [5, 5.41) is 0. The van der Waals surface area contributed by atoms with Crippen LogP contribution in [0, 0.1) is 0 Å². The molecule has 16 heavy (non-hydrogen) atoms. The minimum absolute atomic E-state index is 0.210. The highest BCUT2D eigenvalue weighted by molar-refractivity contribution is 5.74. The van der Waals surface area contributed by atoms with Gasteiger partial charge in [0.25, 0.3) is 0 Å². The zero-order chi connectivity index (χ0) is 12.0. The summed E-state index contributed by atoms with van der Waals surface area (Å²) in [6.07, 6.45) is 1.25. The molecule has 0 saturated carbocycles. The Labute approximate surface area is 94.4 Å². The first-order valence-corrected chi connectivity index (χ1v) is 5.07. The molecule has 0 unspecified atom stereocenters. The lowest BCUT2D eigenvalue weighted by molar-refractivity contribution is -0.146. The molecule has 0 heterocycles. The monoisotopic (exact) mass is 221 g/mol. The number of nitrogens with two attached hydrogens (primary N) is 1. The van der Waals surface area contributed by atoms with Gasteiger partial charge in [0.05, 0.1) is 0 Å². The van der Waals surface area contributed by atoms with E-state index in [0.717, 1.165) is 17.4 Å². The summed E-state index contributed by atoms with van der Waals surface area (Å²) >= 11 is 0. The molecule has 1 aromatic rings. The second-order valence-corrected chi connectivity index (χ2v) is 3.58. The van der Waals surface area contributed by atoms with Crippen LogP contribution in [0.15, 0.2) is 24.3 Å². The van der Waals surface area contributed by atoms with Crippen LogP contribution in [0.25, 0.3) is 0 Å². The number of hydrogen-bond donors (Lipinski definition) is 1. The molecule has 0 bridgehead atoms. The van der Waals surface area contributed by atoms with Crippen LogP contribution in [-0.4, -0.2) is 18.3 Å². The number of aldehydes is 1. The van der Waals surface area contributed by atoms with Gasteiger partial charge < -0.3 is 15.3 Å². The maximum absolute atomic E-state index is 11.1. The Morgan fingerprint density at radius 1 is 1.38 bits per heavy atom. The van der Waals surface area contributed by atoms with E-state index in [4.69, 9.17) is 10.5 Å². The van der Waals surface area contributed by atoms with E-state index in [1.165, 1.54) is 0 Å². The van der Waals surface area contributed by atoms with Crippen molar-refractivity contribution in [3.05, 3.63) is 35.4 Å². The van der Waals surface area contributed by atoms with Gasteiger partial charge in [0, 0.05) is 6.42 Å². The highest BCUT2D eigenvalue weighted by Crippen LogP contribution is 2.06. The Morgan fingerprint density at radius 3 is 2.44 bits per heavy atom. The summed E-state index contributed by atoms with van der Waals surface area (Å²) in [6, 6.07) is 6.72. The molecule has 0 fully saturated rings. The first kappa shape index (κ1) is 12.4. The first-order chi connectivity index (χ1) is 7.63. The number of rotatable bonds is 5. The molecule has 0 aliphatic heterocycles. The highest BCUT2D eigenvalue weighted by Gasteiger charge is 2.08. The molecule has 2 N–H and O–H groups in total. The molecule has 1 rings (SSSR count). The van der Waals surface area contributed by atoms with Crippen molar-refractivity contribution in [1.29, 1.82) is 0 Å². The zero-order valence-corrected chi connectivity index (χ0v) is 9.18. The SMILES string of the molecule is C[C@H](N)C(=O)OCc1ccc(CC=O)cc1. The van der Waals surface area contributed by atoms with Crippen molar-refractivity contribution in [1.82, 2.24) is 0 Å². The van der Waals surface area contributed by atoms with Crippen LogP contribution in [0.1, 0.15) is 18.1 Å². The number of esters is 1. The molecular weight excluding hydrogens is 206 g/mol. The second kappa shape index (κ2) is 6.02. The summed E-state index contributed by atoms with van der Waals surface area (Å²) in [4.78, 5) is 21.4. The van der Waals surface area contributed by atoms with Crippen molar-refractivity contribution in [3.63, 3.8) is 0 Å². The Balaban J connectivity index is 2.49. The van der Waals surface area contributed by atoms with Crippen molar-refractivity contribution in [3.8, 4) is 0 Å². The first-order valence-electron chi connectivity index (χ1n) is 5.07. The summed E-state index contributed by atoms with van der Waals surface area (Å²) in [5.41, 5.74) is 7.17. The van der Waals surface area contributed by atoms with Crippen LogP contribution in [0.3, 0.4) is 0 Å². The third kappa shape index (κ3) is 3.82. The largest absolute Gasteiger partial charge is 0.460 e. The van der Waals surface area contributed by atoms with Crippen molar-refractivity contribution < 1.29 is 14.3 Å². The van der Waals surface area contributed by atoms with Gasteiger partial charge in [-0.15, -0.1) is 0 Å². The van der Waals surface area contributed by atoms with Gasteiger partial charge in [0.2, 0.25) is 0 Å². The van der Waals surface area contributed by atoms with Crippen LogP contribution in [-0.2, 0) is 27.4 Å². The number of carbonyl (C=O) groups is 2. The lowest BCUT2D eigenvalue weighted by Crippen LogP contribution is -2.28. The summed E-state index contributed by atoms with van der Waals surface area (Å²) in [6.45, 7) is 1.79. The number of hydrogen-bond acceptors (Lipinski definition) is 4. The summed E-state index contributed by atoms with van der Waals surface area (Å²) in [5.74, 6) is -0.419. The molecule has 0 radical (unpaired) electrons. The van der Waals surface area contributed by atoms with Gasteiger partial charge in [-0.1, -0.05) is 24.3 Å². The lowest BCUT2D eigenvalue weighted by atomic mass is 10.1. The van der Waals surface area contributed by atoms with Crippen LogP contribution < -0.4 is 5.73 Å². The molecule has 0 amide bonds. The molecule has 1 aromatic carbocycles. The lowest BCUT2D eigenvalue weighted by Gasteiger charge is -2.07. The number of benzene rings is 1. The van der Waals surface area contributed by atoms with Crippen molar-refractivity contribution >= 4 is 12.3 Å². The Morgan fingerprint density at radius 2 is 1.94 bits per heavy atom. The molecule has 0 aliphatic carbocycles. The standard InChI is InChI=1S/C12H15NO3/c1-9(13)12(15)16-8-11-4-2-10(3-5-11)6-7-14/h2-5,7,9H,6,8,13H2,1H3/t9-/m0/s1. The van der Waals surface area contributed by atoms with E-state index in [2.05, 4.69) is 0 Å². The minimum atomic E-state index is -0.602. The van der Waals surface area contributed by atoms with Gasteiger partial charge in [-0.05, 0) is 18.1 Å². The van der Waals surface area contributed by atoms with E-state index in [9.17, 15) is 9.59 Å². The van der Waals surface area contributed by atoms with Crippen LogP contribution >= 0.6 is 0 Å². The summed E-state index contributed by atoms with van der Waals surface area (Å²) in [7, 11) is 0. The van der Waals surface area contributed by atoms with Crippen molar-refractivity contribution in [2.24, 2.45) is 5.73 Å². The van der Waals surface area contributed by atoms with Crippen LogP contribution in [0.4, 0.5) is 0 Å². The second-order valence-electron chi connectivity index (χ2n) is 3.58. The van der Waals surface area contributed by atoms with E-state index in [0.29, 0.717) is 6.42 Å². The predicted octanol–water partition coefficient (Wildman–Crippen LogP) is 0.818. The zero-order valence-electron chi connectivity index (χ0n) is 9.18. The van der Waals surface area contributed by atoms with Gasteiger partial charge >= 0.3 is 5.97 Å². The van der Waals surface area contributed by atoms with E-state index >= 15 is 0 Å². The van der Waals surface area contributed by atoms with Gasteiger partial charge in [-0.25, -0.2) is 0 Å². The third-order valence-corrected chi connectivity index (χ3v) is 2.09. The maximum atomic E-state index is 11.1. The third-order valence-electron chi connectivity index (χ3n) is 2.09. The Bertz CT molecular complexity index is 357. The fourth-order valence-electron chi connectivity index (χ4n) is 1.15. The van der Waals surface area contributed by atoms with Crippen molar-refractivity contribution in [2.45, 2.75) is 26.0 Å². The predicted molar refractivity (Wildman–Crippen MR) is 59.7 cm³/mol. The molecule has 0 aromatic heterocycles. The highest BCUT2D eigenvalue weighted by atomic mass is 16.5. The normalized spacial score (nSPS) is 11.9. The average molecular weight is 221 g/mol. The number of carbonyl (C=O) groups excluding carboxylic acids is 2. The molecule has 0 spiro atoms. The van der Waals surface area contributed by atoms with Crippen LogP contribution in [0.2, 0.25) is 0 Å². The number of ether oxygens (including phenoxy) is 1. The fraction of sp³-hybridized carbons (Fsp3) is 0.333. The topological polar surface area (TPSA) is 69.4 Å². The fourth-order valence-corrected chi connectivity index (χ4v) is 1.15. The molecule has 0 saturated heterocycles. The Hall–Kier alpha value is -1.68. The van der Waals surface area contributed by atoms with E-state index in [1.54, 1.807) is 6.92 Å². The summed E-state index contributed by atoms with van der Waals surface area (Å²) < 4.78 is 4.96. The molecule has 0 aliphatic rings. The van der Waals surface area contributed by atoms with Gasteiger partial charge in [0.1, 0.15) is 18.9 Å². The molecule has 4 heteroatoms. The van der Waals surface area contributed by atoms with E-state index in [1.807, 2.05) is 24.3 Å². The average Bonchev–Trinajstić information content (AvgIpc) is 2.28. The molecule has 1 atom stereocenters.